The highest BCUT2D eigenvalue weighted by atomic mass is 35.5. The van der Waals surface area contributed by atoms with Gasteiger partial charge in [0, 0.05) is 29.8 Å². The predicted octanol–water partition coefficient (Wildman–Crippen LogP) is 3.82. The molecule has 1 N–H and O–H groups in total. The van der Waals surface area contributed by atoms with Crippen LogP contribution in [0, 0.1) is 0 Å². The number of ether oxygens (including phenoxy) is 1. The molecule has 0 radical (unpaired) electrons. The second kappa shape index (κ2) is 8.93. The van der Waals surface area contributed by atoms with E-state index >= 15 is 0 Å². The lowest BCUT2D eigenvalue weighted by Crippen LogP contribution is -2.23. The average Bonchev–Trinajstić information content (AvgIpc) is 2.59. The first-order valence-corrected chi connectivity index (χ1v) is 10.3. The number of benzene rings is 2. The summed E-state index contributed by atoms with van der Waals surface area (Å²) in [5, 5.41) is 3.45. The number of nitrogens with zero attached hydrogens (tertiary/aromatic N) is 1. The molecule has 0 atom stereocenters. The third-order valence-corrected chi connectivity index (χ3v) is 6.23. The average molecular weight is 431 g/mol. The van der Waals surface area contributed by atoms with Gasteiger partial charge in [-0.3, -0.25) is 4.79 Å². The topological polar surface area (TPSA) is 75.7 Å². The minimum atomic E-state index is -3.75. The van der Waals surface area contributed by atoms with Gasteiger partial charge in [0.05, 0.1) is 13.0 Å². The maximum absolute atomic E-state index is 12.5. The fraction of sp³-hybridized carbons (Fsp3) is 0.278. The number of sulfonamides is 1. The summed E-state index contributed by atoms with van der Waals surface area (Å²) in [7, 11) is -0.893. The monoisotopic (exact) mass is 430 g/mol. The first kappa shape index (κ1) is 21.5. The third kappa shape index (κ3) is 5.13. The van der Waals surface area contributed by atoms with E-state index in [2.05, 4.69) is 5.32 Å². The summed E-state index contributed by atoms with van der Waals surface area (Å²) in [5.74, 6) is -0.152. The van der Waals surface area contributed by atoms with Crippen molar-refractivity contribution in [2.45, 2.75) is 18.2 Å². The Morgan fingerprint density at radius 2 is 1.78 bits per heavy atom. The number of carbonyl (C=O) groups excluding carboxylic acids is 1. The van der Waals surface area contributed by atoms with E-state index in [0.29, 0.717) is 27.9 Å². The second-order valence-corrected chi connectivity index (χ2v) is 8.74. The Hall–Kier alpha value is -1.80. The van der Waals surface area contributed by atoms with E-state index in [0.717, 1.165) is 4.31 Å². The molecule has 1 amide bonds. The summed E-state index contributed by atoms with van der Waals surface area (Å²) >= 11 is 12.2. The fourth-order valence-corrected chi connectivity index (χ4v) is 3.91. The van der Waals surface area contributed by atoms with Gasteiger partial charge in [-0.25, -0.2) is 12.7 Å². The Morgan fingerprint density at radius 1 is 1.15 bits per heavy atom. The molecule has 0 saturated heterocycles. The Balaban J connectivity index is 2.30. The van der Waals surface area contributed by atoms with Crippen LogP contribution in [0.1, 0.15) is 12.5 Å². The highest BCUT2D eigenvalue weighted by molar-refractivity contribution is 7.89. The Labute approximate surface area is 169 Å². The van der Waals surface area contributed by atoms with Crippen molar-refractivity contribution in [1.29, 1.82) is 0 Å². The summed E-state index contributed by atoms with van der Waals surface area (Å²) < 4.78 is 31.6. The molecule has 2 aromatic rings. The van der Waals surface area contributed by atoms with Gasteiger partial charge in [0.2, 0.25) is 15.9 Å². The first-order valence-electron chi connectivity index (χ1n) is 8.09. The largest absolute Gasteiger partial charge is 0.492 e. The van der Waals surface area contributed by atoms with Gasteiger partial charge in [-0.05, 0) is 42.8 Å². The molecule has 0 unspecified atom stereocenters. The van der Waals surface area contributed by atoms with Crippen LogP contribution in [0.25, 0.3) is 0 Å². The number of amides is 1. The van der Waals surface area contributed by atoms with Crippen LogP contribution < -0.4 is 10.1 Å². The zero-order valence-corrected chi connectivity index (χ0v) is 17.5. The molecule has 0 aliphatic rings. The van der Waals surface area contributed by atoms with E-state index in [9.17, 15) is 13.2 Å². The van der Waals surface area contributed by atoms with Crippen LogP contribution in [-0.2, 0) is 21.2 Å². The highest BCUT2D eigenvalue weighted by Crippen LogP contribution is 2.30. The molecule has 6 nitrogen and oxygen atoms in total. The number of carbonyl (C=O) groups is 1. The van der Waals surface area contributed by atoms with Crippen molar-refractivity contribution in [3.63, 3.8) is 0 Å². The first-order chi connectivity index (χ1) is 12.7. The van der Waals surface area contributed by atoms with Crippen LogP contribution in [-0.4, -0.2) is 39.3 Å². The van der Waals surface area contributed by atoms with Crippen molar-refractivity contribution < 1.29 is 17.9 Å². The van der Waals surface area contributed by atoms with Crippen LogP contribution in [0.4, 0.5) is 5.69 Å². The highest BCUT2D eigenvalue weighted by Gasteiger charge is 2.23. The molecule has 27 heavy (non-hydrogen) atoms. The van der Waals surface area contributed by atoms with Gasteiger partial charge in [0.1, 0.15) is 10.6 Å². The van der Waals surface area contributed by atoms with Gasteiger partial charge in [0.25, 0.3) is 0 Å². The molecule has 146 valence electrons. The molecule has 0 aliphatic carbocycles. The molecule has 0 heterocycles. The van der Waals surface area contributed by atoms with E-state index in [-0.39, 0.29) is 23.0 Å². The number of rotatable bonds is 7. The fourth-order valence-electron chi connectivity index (χ4n) is 2.33. The molecule has 0 saturated carbocycles. The van der Waals surface area contributed by atoms with Crippen LogP contribution in [0.5, 0.6) is 5.75 Å². The van der Waals surface area contributed by atoms with Gasteiger partial charge in [-0.2, -0.15) is 0 Å². The molecule has 2 aromatic carbocycles. The molecule has 2 rings (SSSR count). The molecule has 0 aliphatic heterocycles. The van der Waals surface area contributed by atoms with Gasteiger partial charge in [-0.15, -0.1) is 0 Å². The third-order valence-electron chi connectivity index (χ3n) is 3.68. The number of halogens is 2. The van der Waals surface area contributed by atoms with Crippen molar-refractivity contribution in [1.82, 2.24) is 4.31 Å². The van der Waals surface area contributed by atoms with Crippen molar-refractivity contribution in [3.05, 3.63) is 52.0 Å². The van der Waals surface area contributed by atoms with E-state index < -0.39 is 10.0 Å². The molecule has 0 bridgehead atoms. The van der Waals surface area contributed by atoms with Gasteiger partial charge < -0.3 is 10.1 Å². The van der Waals surface area contributed by atoms with Crippen molar-refractivity contribution >= 4 is 44.8 Å². The standard InChI is InChI=1S/C18H20Cl2N2O4S/c1-4-26-16-9-8-12(10-17(16)27(24,25)22(2)3)21-18(23)11-13-14(19)6-5-7-15(13)20/h5-10H,4,11H2,1-3H3,(H,21,23). The Bertz CT molecular complexity index is 926. The van der Waals surface area contributed by atoms with Gasteiger partial charge in [-0.1, -0.05) is 29.3 Å². The summed E-state index contributed by atoms with van der Waals surface area (Å²) in [6, 6.07) is 9.44. The molecular formula is C18H20Cl2N2O4S. The summed E-state index contributed by atoms with van der Waals surface area (Å²) in [6.45, 7) is 2.07. The lowest BCUT2D eigenvalue weighted by atomic mass is 10.1. The minimum absolute atomic E-state index is 0.0251. The van der Waals surface area contributed by atoms with Gasteiger partial charge in [0.15, 0.2) is 0 Å². The smallest absolute Gasteiger partial charge is 0.246 e. The predicted molar refractivity (Wildman–Crippen MR) is 107 cm³/mol. The van der Waals surface area contributed by atoms with E-state index in [4.69, 9.17) is 27.9 Å². The van der Waals surface area contributed by atoms with Crippen molar-refractivity contribution in [2.75, 3.05) is 26.0 Å². The molecule has 9 heteroatoms. The van der Waals surface area contributed by atoms with E-state index in [1.165, 1.54) is 26.2 Å². The number of hydrogen-bond donors (Lipinski definition) is 1. The summed E-state index contributed by atoms with van der Waals surface area (Å²) in [6.07, 6.45) is -0.0402. The SMILES string of the molecule is CCOc1ccc(NC(=O)Cc2c(Cl)cccc2Cl)cc1S(=O)(=O)N(C)C. The Kier molecular flexibility index (Phi) is 7.11. The molecular weight excluding hydrogens is 411 g/mol. The summed E-state index contributed by atoms with van der Waals surface area (Å²) in [4.78, 5) is 12.3. The van der Waals surface area contributed by atoms with Crippen LogP contribution in [0.2, 0.25) is 10.0 Å². The van der Waals surface area contributed by atoms with Crippen molar-refractivity contribution in [3.8, 4) is 5.75 Å². The van der Waals surface area contributed by atoms with Crippen molar-refractivity contribution in [2.24, 2.45) is 0 Å². The normalized spacial score (nSPS) is 11.5. The number of nitrogens with one attached hydrogen (secondary N) is 1. The zero-order valence-electron chi connectivity index (χ0n) is 15.1. The molecule has 0 fully saturated rings. The maximum atomic E-state index is 12.5. The molecule has 0 spiro atoms. The van der Waals surface area contributed by atoms with Gasteiger partial charge >= 0.3 is 0 Å². The number of hydrogen-bond acceptors (Lipinski definition) is 4. The molecule has 0 aromatic heterocycles. The quantitative estimate of drug-likeness (QED) is 0.723. The lowest BCUT2D eigenvalue weighted by Gasteiger charge is -2.17. The van der Waals surface area contributed by atoms with Crippen LogP contribution in [0.15, 0.2) is 41.3 Å². The van der Waals surface area contributed by atoms with Crippen LogP contribution in [0.3, 0.4) is 0 Å². The van der Waals surface area contributed by atoms with E-state index in [1.54, 1.807) is 31.2 Å². The maximum Gasteiger partial charge on any atom is 0.246 e. The summed E-state index contributed by atoms with van der Waals surface area (Å²) in [5.41, 5.74) is 0.831. The van der Waals surface area contributed by atoms with E-state index in [1.807, 2.05) is 0 Å². The number of anilines is 1. The van der Waals surface area contributed by atoms with Crippen LogP contribution >= 0.6 is 23.2 Å². The minimum Gasteiger partial charge on any atom is -0.492 e. The lowest BCUT2D eigenvalue weighted by molar-refractivity contribution is -0.115. The Morgan fingerprint density at radius 3 is 2.33 bits per heavy atom. The second-order valence-electron chi connectivity index (χ2n) is 5.81. The zero-order chi connectivity index (χ0) is 20.2.